The summed E-state index contributed by atoms with van der Waals surface area (Å²) >= 11 is 0. The number of hydrogen-bond acceptors (Lipinski definition) is 1. The molecule has 2 aromatic rings. The quantitative estimate of drug-likeness (QED) is 0.819. The third kappa shape index (κ3) is 2.14. The van der Waals surface area contributed by atoms with Gasteiger partial charge in [0, 0.05) is 13.6 Å². The Kier molecular flexibility index (Phi) is 2.77. The molecule has 0 aliphatic carbocycles. The highest BCUT2D eigenvalue weighted by Crippen LogP contribution is 2.16. The first-order valence-corrected chi connectivity index (χ1v) is 5.15. The smallest absolute Gasteiger partial charge is 0.314 e. The van der Waals surface area contributed by atoms with Crippen molar-refractivity contribution in [1.82, 2.24) is 4.90 Å². The molecule has 0 heterocycles. The molecule has 82 valence electrons. The van der Waals surface area contributed by atoms with Crippen molar-refractivity contribution < 1.29 is 4.79 Å². The number of benzene rings is 2. The zero-order valence-electron chi connectivity index (χ0n) is 9.18. The first-order chi connectivity index (χ1) is 7.66. The van der Waals surface area contributed by atoms with Crippen LogP contribution in [-0.4, -0.2) is 18.0 Å². The van der Waals surface area contributed by atoms with Crippen LogP contribution in [0.4, 0.5) is 4.79 Å². The summed E-state index contributed by atoms with van der Waals surface area (Å²) in [6, 6.07) is 13.9. The van der Waals surface area contributed by atoms with Gasteiger partial charge in [0.1, 0.15) is 0 Å². The Bertz CT molecular complexity index is 522. The van der Waals surface area contributed by atoms with E-state index in [1.807, 2.05) is 18.2 Å². The van der Waals surface area contributed by atoms with Crippen molar-refractivity contribution in [2.75, 3.05) is 7.05 Å². The standard InChI is InChI=1S/C13H14N2O/c1-15(13(14)16)9-10-6-7-11-4-2-3-5-12(11)8-10/h2-8H,9H2,1H3,(H2,14,16). The number of carbonyl (C=O) groups excluding carboxylic acids is 1. The molecule has 0 aromatic heterocycles. The maximum atomic E-state index is 10.9. The number of nitrogens with zero attached hydrogens (tertiary/aromatic N) is 1. The van der Waals surface area contributed by atoms with E-state index in [0.29, 0.717) is 6.54 Å². The third-order valence-electron chi connectivity index (χ3n) is 2.61. The number of carbonyl (C=O) groups is 1. The molecule has 2 N–H and O–H groups in total. The van der Waals surface area contributed by atoms with Gasteiger partial charge in [-0.05, 0) is 22.4 Å². The first-order valence-electron chi connectivity index (χ1n) is 5.15. The van der Waals surface area contributed by atoms with Gasteiger partial charge in [-0.3, -0.25) is 0 Å². The Morgan fingerprint density at radius 2 is 1.88 bits per heavy atom. The number of fused-ring (bicyclic) bond motifs is 1. The minimum Gasteiger partial charge on any atom is -0.351 e. The van der Waals surface area contributed by atoms with Crippen LogP contribution < -0.4 is 5.73 Å². The van der Waals surface area contributed by atoms with Crippen LogP contribution in [0.3, 0.4) is 0 Å². The van der Waals surface area contributed by atoms with Gasteiger partial charge in [0.25, 0.3) is 0 Å². The molecular weight excluding hydrogens is 200 g/mol. The Hall–Kier alpha value is -2.03. The summed E-state index contributed by atoms with van der Waals surface area (Å²) in [6.07, 6.45) is 0. The molecule has 0 spiro atoms. The van der Waals surface area contributed by atoms with Crippen molar-refractivity contribution in [3.8, 4) is 0 Å². The lowest BCUT2D eigenvalue weighted by Gasteiger charge is -2.14. The molecule has 0 unspecified atom stereocenters. The van der Waals surface area contributed by atoms with E-state index in [9.17, 15) is 4.79 Å². The normalized spacial score (nSPS) is 10.3. The fourth-order valence-electron chi connectivity index (χ4n) is 1.69. The van der Waals surface area contributed by atoms with Gasteiger partial charge in [-0.15, -0.1) is 0 Å². The van der Waals surface area contributed by atoms with Gasteiger partial charge in [-0.25, -0.2) is 4.79 Å². The molecule has 0 aliphatic heterocycles. The zero-order valence-corrected chi connectivity index (χ0v) is 9.18. The summed E-state index contributed by atoms with van der Waals surface area (Å²) in [4.78, 5) is 12.4. The molecule has 2 rings (SSSR count). The average molecular weight is 214 g/mol. The van der Waals surface area contributed by atoms with Gasteiger partial charge in [0.15, 0.2) is 0 Å². The van der Waals surface area contributed by atoms with Gasteiger partial charge in [-0.2, -0.15) is 0 Å². The number of amides is 2. The van der Waals surface area contributed by atoms with E-state index in [1.54, 1.807) is 7.05 Å². The van der Waals surface area contributed by atoms with Crippen molar-refractivity contribution >= 4 is 16.8 Å². The topological polar surface area (TPSA) is 46.3 Å². The van der Waals surface area contributed by atoms with Gasteiger partial charge >= 0.3 is 6.03 Å². The molecule has 0 bridgehead atoms. The monoisotopic (exact) mass is 214 g/mol. The van der Waals surface area contributed by atoms with Gasteiger partial charge in [0.05, 0.1) is 0 Å². The zero-order chi connectivity index (χ0) is 11.5. The summed E-state index contributed by atoms with van der Waals surface area (Å²) in [7, 11) is 1.69. The first kappa shape index (κ1) is 10.5. The summed E-state index contributed by atoms with van der Waals surface area (Å²) < 4.78 is 0. The van der Waals surface area contributed by atoms with E-state index in [4.69, 9.17) is 5.73 Å². The maximum Gasteiger partial charge on any atom is 0.314 e. The lowest BCUT2D eigenvalue weighted by Crippen LogP contribution is -2.31. The predicted molar refractivity (Wildman–Crippen MR) is 65.0 cm³/mol. The van der Waals surface area contributed by atoms with Crippen molar-refractivity contribution in [2.45, 2.75) is 6.54 Å². The van der Waals surface area contributed by atoms with Crippen LogP contribution in [-0.2, 0) is 6.54 Å². The van der Waals surface area contributed by atoms with Crippen LogP contribution in [0.1, 0.15) is 5.56 Å². The van der Waals surface area contributed by atoms with E-state index >= 15 is 0 Å². The van der Waals surface area contributed by atoms with Crippen LogP contribution in [0.15, 0.2) is 42.5 Å². The lowest BCUT2D eigenvalue weighted by molar-refractivity contribution is 0.216. The van der Waals surface area contributed by atoms with E-state index in [-0.39, 0.29) is 0 Å². The molecule has 0 atom stereocenters. The number of hydrogen-bond donors (Lipinski definition) is 1. The van der Waals surface area contributed by atoms with Crippen LogP contribution in [0, 0.1) is 0 Å². The SMILES string of the molecule is CN(Cc1ccc2ccccc2c1)C(N)=O. The molecule has 0 saturated heterocycles. The van der Waals surface area contributed by atoms with Crippen LogP contribution in [0.2, 0.25) is 0 Å². The molecule has 0 saturated carbocycles. The minimum absolute atomic E-state index is 0.409. The van der Waals surface area contributed by atoms with Gasteiger partial charge in [-0.1, -0.05) is 36.4 Å². The number of urea groups is 1. The summed E-state index contributed by atoms with van der Waals surface area (Å²) in [6.45, 7) is 0.542. The lowest BCUT2D eigenvalue weighted by atomic mass is 10.1. The summed E-state index contributed by atoms with van der Waals surface area (Å²) in [5.41, 5.74) is 6.27. The van der Waals surface area contributed by atoms with Crippen molar-refractivity contribution in [2.24, 2.45) is 5.73 Å². The van der Waals surface area contributed by atoms with Gasteiger partial charge in [0.2, 0.25) is 0 Å². The molecule has 0 aliphatic rings. The second-order valence-electron chi connectivity index (χ2n) is 3.88. The number of nitrogens with two attached hydrogens (primary N) is 1. The number of primary amides is 1. The largest absolute Gasteiger partial charge is 0.351 e. The Morgan fingerprint density at radius 1 is 1.19 bits per heavy atom. The van der Waals surface area contributed by atoms with E-state index < -0.39 is 6.03 Å². The Labute approximate surface area is 94.5 Å². The fraction of sp³-hybridized carbons (Fsp3) is 0.154. The average Bonchev–Trinajstić information content (AvgIpc) is 2.28. The van der Waals surface area contributed by atoms with Crippen molar-refractivity contribution in [3.05, 3.63) is 48.0 Å². The predicted octanol–water partition coefficient (Wildman–Crippen LogP) is 2.35. The second-order valence-corrected chi connectivity index (χ2v) is 3.88. The molecule has 0 fully saturated rings. The maximum absolute atomic E-state index is 10.9. The molecule has 3 nitrogen and oxygen atoms in total. The molecule has 16 heavy (non-hydrogen) atoms. The Balaban J connectivity index is 2.29. The van der Waals surface area contributed by atoms with E-state index in [1.165, 1.54) is 15.7 Å². The fourth-order valence-corrected chi connectivity index (χ4v) is 1.69. The highest BCUT2D eigenvalue weighted by atomic mass is 16.2. The minimum atomic E-state index is -0.409. The van der Waals surface area contributed by atoms with Crippen molar-refractivity contribution in [1.29, 1.82) is 0 Å². The number of rotatable bonds is 2. The van der Waals surface area contributed by atoms with E-state index in [0.717, 1.165) is 5.56 Å². The molecule has 3 heteroatoms. The van der Waals surface area contributed by atoms with E-state index in [2.05, 4.69) is 24.3 Å². The van der Waals surface area contributed by atoms with Crippen LogP contribution >= 0.6 is 0 Å². The highest BCUT2D eigenvalue weighted by Gasteiger charge is 2.04. The molecule has 2 aromatic carbocycles. The molecule has 0 radical (unpaired) electrons. The van der Waals surface area contributed by atoms with Crippen molar-refractivity contribution in [3.63, 3.8) is 0 Å². The summed E-state index contributed by atoms with van der Waals surface area (Å²) in [5.74, 6) is 0. The summed E-state index contributed by atoms with van der Waals surface area (Å²) in [5, 5.41) is 2.38. The highest BCUT2D eigenvalue weighted by molar-refractivity contribution is 5.83. The Morgan fingerprint density at radius 3 is 2.56 bits per heavy atom. The van der Waals surface area contributed by atoms with Crippen LogP contribution in [0.5, 0.6) is 0 Å². The molecular formula is C13H14N2O. The molecule has 2 amide bonds. The second kappa shape index (κ2) is 4.23. The van der Waals surface area contributed by atoms with Gasteiger partial charge < -0.3 is 10.6 Å². The van der Waals surface area contributed by atoms with Crippen LogP contribution in [0.25, 0.3) is 10.8 Å². The third-order valence-corrected chi connectivity index (χ3v) is 2.61.